The Morgan fingerprint density at radius 2 is 1.06 bits per heavy atom. The van der Waals surface area contributed by atoms with E-state index in [1.165, 1.54) is 11.6 Å². The van der Waals surface area contributed by atoms with E-state index in [9.17, 15) is 7.85 Å². The molecule has 8 aromatic carbocycles. The van der Waals surface area contributed by atoms with Gasteiger partial charge in [-0.1, -0.05) is 202 Å². The minimum atomic E-state index is -0.599. The van der Waals surface area contributed by atoms with Gasteiger partial charge in [0.1, 0.15) is 11.6 Å². The largest absolute Gasteiger partial charge is 0.507 e. The summed E-state index contributed by atoms with van der Waals surface area (Å²) in [5, 5.41) is 12.8. The number of aromatic nitrogens is 3. The number of rotatable bonds is 8. The minimum absolute atomic E-state index is 0.00339. The van der Waals surface area contributed by atoms with Crippen LogP contribution in [0.3, 0.4) is 0 Å². The normalized spacial score (nSPS) is 14.1. The van der Waals surface area contributed by atoms with E-state index >= 15 is 0 Å². The number of fused-ring (bicyclic) bond motifs is 1. The van der Waals surface area contributed by atoms with E-state index in [2.05, 4.69) is 102 Å². The smallest absolute Gasteiger partial charge is 0.149 e. The summed E-state index contributed by atoms with van der Waals surface area (Å²) in [4.78, 5) is 10.5. The Bertz CT molecular complexity index is 4070. The molecule has 0 radical (unpaired) electrons. The van der Waals surface area contributed by atoms with E-state index in [-0.39, 0.29) is 44.9 Å². The van der Waals surface area contributed by atoms with Crippen molar-refractivity contribution in [3.05, 3.63) is 217 Å². The van der Waals surface area contributed by atoms with Gasteiger partial charge in [0.2, 0.25) is 0 Å². The topological polar surface area (TPSA) is 50.9 Å². The molecule has 346 valence electrons. The third kappa shape index (κ3) is 8.98. The fourth-order valence-corrected chi connectivity index (χ4v) is 9.09. The number of hydrogen-bond acceptors (Lipinski definition) is 3. The zero-order valence-electron chi connectivity index (χ0n) is 51.1. The highest BCUT2D eigenvalue weighted by Crippen LogP contribution is 2.46. The standard InChI is InChI=1S/C66H61N3O/c1-64(2,3)52-31-28-45(29-32-52)48-34-35-67-58(40-48)51-37-49(44-22-15-11-16-23-44)36-50(38-51)54-26-19-27-60-61(54)68-63(56-41-53(65(4,5)6)42-57(62(56)70)66(7,8)9)69(60)59-33-30-47(43-20-13-10-14-21-43)39-55(59)46-24-17-12-18-25-46/h10-42,70H,1-9H3/i10D,12D,13D,14D,17D,18D,20D,21D,24D,25D. The quantitative estimate of drug-likeness (QED) is 0.165. The third-order valence-electron chi connectivity index (χ3n) is 13.0. The average molecular weight is 922 g/mol. The predicted molar refractivity (Wildman–Crippen MR) is 295 cm³/mol. The molecule has 70 heavy (non-hydrogen) atoms. The van der Waals surface area contributed by atoms with Crippen molar-refractivity contribution in [1.29, 1.82) is 0 Å². The molecule has 0 fully saturated rings. The highest BCUT2D eigenvalue weighted by Gasteiger charge is 2.29. The SMILES string of the molecule is [2H]c1c([2H])c([2H])c(-c2ccc(-n3c(-c4cc(C(C)(C)C)cc(C(C)(C)C)c4O)nc4c(-c5cc(-c6ccccc6)cc(-c6cc(-c7ccc(C(C)(C)C)cc7)ccn6)c5)cccc43)c(-c3c([2H])c([2H])c([2H])c([2H])c3[2H])c2)c([2H])c1[2H]. The molecule has 0 unspecified atom stereocenters. The maximum Gasteiger partial charge on any atom is 0.149 e. The maximum absolute atomic E-state index is 12.8. The number of benzene rings is 8. The molecular formula is C66H61N3O. The molecule has 0 saturated heterocycles. The molecule has 2 heterocycles. The summed E-state index contributed by atoms with van der Waals surface area (Å²) < 4.78 is 90.3. The number of pyridine rings is 1. The molecular weight excluding hydrogens is 851 g/mol. The summed E-state index contributed by atoms with van der Waals surface area (Å²) >= 11 is 0. The number of para-hydroxylation sites is 1. The van der Waals surface area contributed by atoms with E-state index < -0.39 is 71.3 Å². The highest BCUT2D eigenvalue weighted by molar-refractivity contribution is 5.99. The molecule has 0 atom stereocenters. The molecule has 2 aromatic heterocycles. The van der Waals surface area contributed by atoms with Gasteiger partial charge in [0.15, 0.2) is 0 Å². The fraction of sp³-hybridized carbons (Fsp3) is 0.182. The lowest BCUT2D eigenvalue weighted by atomic mass is 9.79. The second kappa shape index (κ2) is 17.9. The van der Waals surface area contributed by atoms with Crippen molar-refractivity contribution in [1.82, 2.24) is 14.5 Å². The molecule has 1 N–H and O–H groups in total. The summed E-state index contributed by atoms with van der Waals surface area (Å²) in [5.74, 6) is 0.257. The van der Waals surface area contributed by atoms with Crippen LogP contribution in [0, 0.1) is 0 Å². The Labute approximate surface area is 428 Å². The van der Waals surface area contributed by atoms with E-state index in [4.69, 9.17) is 20.9 Å². The van der Waals surface area contributed by atoms with Crippen LogP contribution in [0.25, 0.3) is 95.0 Å². The van der Waals surface area contributed by atoms with E-state index in [0.29, 0.717) is 22.2 Å². The Kier molecular flexibility index (Phi) is 9.04. The first-order chi connectivity index (χ1) is 37.6. The second-order valence-corrected chi connectivity index (χ2v) is 21.0. The minimum Gasteiger partial charge on any atom is -0.507 e. The van der Waals surface area contributed by atoms with Crippen molar-refractivity contribution in [3.63, 3.8) is 0 Å². The molecule has 0 aliphatic heterocycles. The molecule has 0 bridgehead atoms. The lowest BCUT2D eigenvalue weighted by Gasteiger charge is -2.27. The Morgan fingerprint density at radius 1 is 0.443 bits per heavy atom. The zero-order valence-corrected chi connectivity index (χ0v) is 41.1. The van der Waals surface area contributed by atoms with Crippen LogP contribution in [0.4, 0.5) is 0 Å². The van der Waals surface area contributed by atoms with Gasteiger partial charge in [-0.05, 0) is 126 Å². The van der Waals surface area contributed by atoms with Gasteiger partial charge < -0.3 is 5.11 Å². The van der Waals surface area contributed by atoms with Gasteiger partial charge in [-0.15, -0.1) is 0 Å². The molecule has 0 amide bonds. The summed E-state index contributed by atoms with van der Waals surface area (Å²) in [6, 6.07) is 38.2. The van der Waals surface area contributed by atoms with Crippen molar-refractivity contribution in [2.45, 2.75) is 78.6 Å². The molecule has 10 rings (SSSR count). The van der Waals surface area contributed by atoms with Gasteiger partial charge in [0.05, 0.1) is 41.7 Å². The van der Waals surface area contributed by atoms with E-state index in [0.717, 1.165) is 50.2 Å². The van der Waals surface area contributed by atoms with Gasteiger partial charge in [0, 0.05) is 28.5 Å². The molecule has 4 nitrogen and oxygen atoms in total. The van der Waals surface area contributed by atoms with Crippen molar-refractivity contribution in [2.24, 2.45) is 0 Å². The molecule has 10 aromatic rings. The zero-order chi connectivity index (χ0) is 57.7. The Hall–Kier alpha value is -7.82. The summed E-state index contributed by atoms with van der Waals surface area (Å²) in [5.41, 5.74) is 10.6. The molecule has 0 aliphatic rings. The molecule has 0 spiro atoms. The van der Waals surface area contributed by atoms with Gasteiger partial charge in [-0.25, -0.2) is 4.98 Å². The third-order valence-corrected chi connectivity index (χ3v) is 13.0. The molecule has 0 aliphatic carbocycles. The number of imidazole rings is 1. The lowest BCUT2D eigenvalue weighted by Crippen LogP contribution is -2.17. The summed E-state index contributed by atoms with van der Waals surface area (Å²) in [6.45, 7) is 18.9. The number of phenolic OH excluding ortho intramolecular Hbond substituents is 1. The molecule has 4 heteroatoms. The van der Waals surface area contributed by atoms with Crippen molar-refractivity contribution in [3.8, 4) is 89.7 Å². The fourth-order valence-electron chi connectivity index (χ4n) is 9.09. The lowest BCUT2D eigenvalue weighted by molar-refractivity contribution is 0.446. The number of phenols is 1. The van der Waals surface area contributed by atoms with Crippen LogP contribution >= 0.6 is 0 Å². The van der Waals surface area contributed by atoms with E-state index in [1.54, 1.807) is 12.1 Å². The second-order valence-electron chi connectivity index (χ2n) is 21.0. The van der Waals surface area contributed by atoms with Crippen LogP contribution in [0.5, 0.6) is 5.75 Å². The van der Waals surface area contributed by atoms with Crippen molar-refractivity contribution >= 4 is 11.0 Å². The van der Waals surface area contributed by atoms with Gasteiger partial charge >= 0.3 is 0 Å². The number of aromatic hydroxyl groups is 1. The van der Waals surface area contributed by atoms with Gasteiger partial charge in [-0.3, -0.25) is 9.55 Å². The monoisotopic (exact) mass is 922 g/mol. The first-order valence-electron chi connectivity index (χ1n) is 28.6. The van der Waals surface area contributed by atoms with Crippen LogP contribution in [-0.4, -0.2) is 19.6 Å². The summed E-state index contributed by atoms with van der Waals surface area (Å²) in [6.07, 6.45) is 1.83. The van der Waals surface area contributed by atoms with Crippen LogP contribution in [-0.2, 0) is 16.2 Å². The van der Waals surface area contributed by atoms with Crippen LogP contribution in [0.1, 0.15) is 92.7 Å². The Morgan fingerprint density at radius 3 is 1.73 bits per heavy atom. The molecule has 0 saturated carbocycles. The first kappa shape index (κ1) is 35.3. The van der Waals surface area contributed by atoms with Gasteiger partial charge in [0.25, 0.3) is 0 Å². The van der Waals surface area contributed by atoms with Crippen LogP contribution in [0.15, 0.2) is 200 Å². The predicted octanol–water partition coefficient (Wildman–Crippen LogP) is 17.7. The highest BCUT2D eigenvalue weighted by atomic mass is 16.3. The number of hydrogen-bond donors (Lipinski definition) is 1. The Balaban J connectivity index is 1.32. The van der Waals surface area contributed by atoms with Crippen molar-refractivity contribution in [2.75, 3.05) is 0 Å². The van der Waals surface area contributed by atoms with Crippen molar-refractivity contribution < 1.29 is 18.8 Å². The number of nitrogens with zero attached hydrogens (tertiary/aromatic N) is 3. The van der Waals surface area contributed by atoms with Crippen LogP contribution < -0.4 is 0 Å². The maximum atomic E-state index is 12.8. The first-order valence-corrected chi connectivity index (χ1v) is 23.6. The van der Waals surface area contributed by atoms with Crippen LogP contribution in [0.2, 0.25) is 0 Å². The van der Waals surface area contributed by atoms with Gasteiger partial charge in [-0.2, -0.15) is 0 Å². The average Bonchev–Trinajstić information content (AvgIpc) is 4.03. The summed E-state index contributed by atoms with van der Waals surface area (Å²) in [7, 11) is 0. The van der Waals surface area contributed by atoms with E-state index in [1.807, 2.05) is 86.1 Å².